The van der Waals surface area contributed by atoms with Crippen molar-refractivity contribution in [3.8, 4) is 5.75 Å². The van der Waals surface area contributed by atoms with Gasteiger partial charge in [0.05, 0.1) is 5.02 Å². The molecule has 0 aliphatic rings. The molecule has 2 atom stereocenters. The summed E-state index contributed by atoms with van der Waals surface area (Å²) in [5, 5.41) is 3.40. The molecule has 0 fully saturated rings. The number of carbonyl (C=O) groups is 1. The lowest BCUT2D eigenvalue weighted by Gasteiger charge is -2.16. The topological polar surface area (TPSA) is 55.4 Å². The molecule has 0 spiro atoms. The van der Waals surface area contributed by atoms with Gasteiger partial charge in [-0.1, -0.05) is 41.4 Å². The highest BCUT2D eigenvalue weighted by molar-refractivity contribution is 7.83. The maximum absolute atomic E-state index is 12.3. The van der Waals surface area contributed by atoms with Gasteiger partial charge < -0.3 is 10.1 Å². The Bertz CT molecular complexity index is 767. The molecule has 2 aromatic rings. The van der Waals surface area contributed by atoms with Crippen LogP contribution in [0.3, 0.4) is 0 Å². The van der Waals surface area contributed by atoms with Crippen molar-refractivity contribution in [2.45, 2.75) is 18.8 Å². The zero-order valence-corrected chi connectivity index (χ0v) is 15.5. The number of halogens is 2. The molecule has 0 heterocycles. The quantitative estimate of drug-likeness (QED) is 0.807. The SMILES string of the molecule is CC(Oc1cccc(Cl)c1Cl)C(=O)Nc1cccc(CS(C)=O)c1. The van der Waals surface area contributed by atoms with Gasteiger partial charge in [-0.05, 0) is 36.8 Å². The van der Waals surface area contributed by atoms with E-state index in [9.17, 15) is 9.00 Å². The Morgan fingerprint density at radius 3 is 2.67 bits per heavy atom. The molecule has 1 amide bonds. The summed E-state index contributed by atoms with van der Waals surface area (Å²) < 4.78 is 16.9. The van der Waals surface area contributed by atoms with E-state index < -0.39 is 16.9 Å². The van der Waals surface area contributed by atoms with Crippen molar-refractivity contribution in [2.24, 2.45) is 0 Å². The molecule has 0 aliphatic heterocycles. The minimum atomic E-state index is -0.942. The molecule has 0 saturated carbocycles. The maximum atomic E-state index is 12.3. The van der Waals surface area contributed by atoms with Gasteiger partial charge in [0.1, 0.15) is 10.8 Å². The van der Waals surface area contributed by atoms with E-state index in [-0.39, 0.29) is 10.9 Å². The molecule has 7 heteroatoms. The summed E-state index contributed by atoms with van der Waals surface area (Å²) in [5.41, 5.74) is 1.51. The summed E-state index contributed by atoms with van der Waals surface area (Å²) in [7, 11) is -0.942. The van der Waals surface area contributed by atoms with Crippen LogP contribution in [0.1, 0.15) is 12.5 Å². The van der Waals surface area contributed by atoms with Gasteiger partial charge in [0.2, 0.25) is 0 Å². The molecule has 1 N–H and O–H groups in total. The highest BCUT2D eigenvalue weighted by Gasteiger charge is 2.17. The normalized spacial score (nSPS) is 13.2. The number of hydrogen-bond donors (Lipinski definition) is 1. The lowest BCUT2D eigenvalue weighted by atomic mass is 10.2. The molecular weight excluding hydrogens is 369 g/mol. The Labute approximate surface area is 153 Å². The molecule has 0 bridgehead atoms. The molecule has 0 aliphatic carbocycles. The number of rotatable bonds is 6. The molecule has 4 nitrogen and oxygen atoms in total. The second-order valence-electron chi connectivity index (χ2n) is 5.22. The Morgan fingerprint density at radius 2 is 1.96 bits per heavy atom. The number of hydrogen-bond acceptors (Lipinski definition) is 3. The summed E-state index contributed by atoms with van der Waals surface area (Å²) in [6, 6.07) is 12.2. The lowest BCUT2D eigenvalue weighted by molar-refractivity contribution is -0.122. The van der Waals surface area contributed by atoms with Crippen molar-refractivity contribution in [3.63, 3.8) is 0 Å². The van der Waals surface area contributed by atoms with Gasteiger partial charge in [0, 0.05) is 28.5 Å². The summed E-state index contributed by atoms with van der Waals surface area (Å²) in [6.07, 6.45) is 0.875. The first-order chi connectivity index (χ1) is 11.4. The average Bonchev–Trinajstić information content (AvgIpc) is 2.51. The highest BCUT2D eigenvalue weighted by Crippen LogP contribution is 2.32. The summed E-state index contributed by atoms with van der Waals surface area (Å²) >= 11 is 12.0. The summed E-state index contributed by atoms with van der Waals surface area (Å²) in [4.78, 5) is 12.3. The zero-order valence-electron chi connectivity index (χ0n) is 13.2. The number of benzene rings is 2. The van der Waals surface area contributed by atoms with Gasteiger partial charge in [0.25, 0.3) is 5.91 Å². The Kier molecular flexibility index (Phi) is 6.66. The third-order valence-electron chi connectivity index (χ3n) is 3.15. The van der Waals surface area contributed by atoms with Crippen molar-refractivity contribution >= 4 is 45.6 Å². The van der Waals surface area contributed by atoms with Crippen LogP contribution < -0.4 is 10.1 Å². The van der Waals surface area contributed by atoms with Gasteiger partial charge in [-0.15, -0.1) is 0 Å². The van der Waals surface area contributed by atoms with E-state index in [0.29, 0.717) is 22.2 Å². The molecule has 2 aromatic carbocycles. The van der Waals surface area contributed by atoms with Gasteiger partial charge in [0.15, 0.2) is 6.10 Å². The third kappa shape index (κ3) is 5.23. The number of nitrogens with one attached hydrogen (secondary N) is 1. The van der Waals surface area contributed by atoms with Crippen LogP contribution in [-0.4, -0.2) is 22.5 Å². The van der Waals surface area contributed by atoms with Crippen LogP contribution in [0.4, 0.5) is 5.69 Å². The van der Waals surface area contributed by atoms with Gasteiger partial charge >= 0.3 is 0 Å². The van der Waals surface area contributed by atoms with Gasteiger partial charge in [-0.2, -0.15) is 0 Å². The van der Waals surface area contributed by atoms with Crippen molar-refractivity contribution in [1.29, 1.82) is 0 Å². The highest BCUT2D eigenvalue weighted by atomic mass is 35.5. The van der Waals surface area contributed by atoms with Gasteiger partial charge in [-0.25, -0.2) is 0 Å². The number of amides is 1. The molecule has 0 aromatic heterocycles. The summed E-state index contributed by atoms with van der Waals surface area (Å²) in [6.45, 7) is 1.62. The molecule has 128 valence electrons. The number of anilines is 1. The van der Waals surface area contributed by atoms with Crippen molar-refractivity contribution in [3.05, 3.63) is 58.1 Å². The standard InChI is InChI=1S/C17H17Cl2NO3S/c1-11(23-15-8-4-7-14(18)16(15)19)17(21)20-13-6-3-5-12(9-13)10-24(2)22/h3-9,11H,10H2,1-2H3,(H,20,21). The van der Waals surface area contributed by atoms with Crippen LogP contribution in [-0.2, 0) is 21.3 Å². The van der Waals surface area contributed by atoms with Crippen LogP contribution in [0.15, 0.2) is 42.5 Å². The average molecular weight is 386 g/mol. The van der Waals surface area contributed by atoms with Crippen LogP contribution in [0, 0.1) is 0 Å². The van der Waals surface area contributed by atoms with E-state index in [1.165, 1.54) is 0 Å². The molecular formula is C17H17Cl2NO3S. The van der Waals surface area contributed by atoms with Crippen molar-refractivity contribution in [2.75, 3.05) is 11.6 Å². The van der Waals surface area contributed by atoms with E-state index in [1.54, 1.807) is 49.6 Å². The Morgan fingerprint density at radius 1 is 1.25 bits per heavy atom. The number of ether oxygens (including phenoxy) is 1. The third-order valence-corrected chi connectivity index (χ3v) is 4.70. The van der Waals surface area contributed by atoms with Crippen LogP contribution in [0.2, 0.25) is 10.0 Å². The smallest absolute Gasteiger partial charge is 0.265 e. The Balaban J connectivity index is 2.04. The van der Waals surface area contributed by atoms with Gasteiger partial charge in [-0.3, -0.25) is 9.00 Å². The maximum Gasteiger partial charge on any atom is 0.265 e. The number of carbonyl (C=O) groups excluding carboxylic acids is 1. The molecule has 2 rings (SSSR count). The van der Waals surface area contributed by atoms with E-state index in [2.05, 4.69) is 5.32 Å². The Hall–Kier alpha value is -1.56. The zero-order chi connectivity index (χ0) is 17.7. The second kappa shape index (κ2) is 8.51. The van der Waals surface area contributed by atoms with E-state index >= 15 is 0 Å². The fourth-order valence-electron chi connectivity index (χ4n) is 2.04. The van der Waals surface area contributed by atoms with Crippen LogP contribution in [0.5, 0.6) is 5.75 Å². The molecule has 0 saturated heterocycles. The lowest BCUT2D eigenvalue weighted by Crippen LogP contribution is -2.30. The van der Waals surface area contributed by atoms with Crippen molar-refractivity contribution < 1.29 is 13.7 Å². The minimum Gasteiger partial charge on any atom is -0.479 e. The minimum absolute atomic E-state index is 0.270. The molecule has 2 unspecified atom stereocenters. The first-order valence-electron chi connectivity index (χ1n) is 7.17. The first kappa shape index (κ1) is 18.8. The monoisotopic (exact) mass is 385 g/mol. The predicted octanol–water partition coefficient (Wildman–Crippen LogP) is 4.28. The largest absolute Gasteiger partial charge is 0.479 e. The molecule has 0 radical (unpaired) electrons. The second-order valence-corrected chi connectivity index (χ2v) is 7.44. The van der Waals surface area contributed by atoms with E-state index in [4.69, 9.17) is 27.9 Å². The van der Waals surface area contributed by atoms with Crippen LogP contribution >= 0.6 is 23.2 Å². The van der Waals surface area contributed by atoms with Crippen molar-refractivity contribution in [1.82, 2.24) is 0 Å². The first-order valence-corrected chi connectivity index (χ1v) is 9.65. The van der Waals surface area contributed by atoms with Crippen LogP contribution in [0.25, 0.3) is 0 Å². The fourth-order valence-corrected chi connectivity index (χ4v) is 3.02. The molecule has 24 heavy (non-hydrogen) atoms. The summed E-state index contributed by atoms with van der Waals surface area (Å²) in [5.74, 6) is 0.469. The van der Waals surface area contributed by atoms with E-state index in [0.717, 1.165) is 5.56 Å². The van der Waals surface area contributed by atoms with E-state index in [1.807, 2.05) is 6.07 Å². The predicted molar refractivity (Wildman–Crippen MR) is 99.4 cm³/mol. The fraction of sp³-hybridized carbons (Fsp3) is 0.235.